The molecule has 1 aliphatic rings. The van der Waals surface area contributed by atoms with E-state index in [1.54, 1.807) is 0 Å². The summed E-state index contributed by atoms with van der Waals surface area (Å²) in [6.07, 6.45) is 0.892. The number of rotatable bonds is 5. The number of hydrogen-bond donors (Lipinski definition) is 0. The summed E-state index contributed by atoms with van der Waals surface area (Å²) in [7, 11) is 0. The van der Waals surface area contributed by atoms with E-state index < -0.39 is 0 Å². The van der Waals surface area contributed by atoms with Crippen LogP contribution in [-0.4, -0.2) is 22.3 Å². The van der Waals surface area contributed by atoms with Gasteiger partial charge in [-0.15, -0.1) is 0 Å². The topological polar surface area (TPSA) is 55.6 Å². The van der Waals surface area contributed by atoms with Crippen molar-refractivity contribution in [2.75, 3.05) is 6.54 Å². The molecular formula is C28H26N2O3. The van der Waals surface area contributed by atoms with Crippen molar-refractivity contribution in [3.63, 3.8) is 0 Å². The summed E-state index contributed by atoms with van der Waals surface area (Å²) < 4.78 is 11.7. The highest BCUT2D eigenvalue weighted by molar-refractivity contribution is 5.94. The van der Waals surface area contributed by atoms with Crippen molar-refractivity contribution in [2.24, 2.45) is 0 Å². The first-order chi connectivity index (χ1) is 16.1. The largest absolute Gasteiger partial charge is 0.487 e. The summed E-state index contributed by atoms with van der Waals surface area (Å²) in [6, 6.07) is 23.7. The maximum Gasteiger partial charge on any atom is 0.254 e. The van der Waals surface area contributed by atoms with Gasteiger partial charge in [0.15, 0.2) is 0 Å². The first-order valence-electron chi connectivity index (χ1n) is 11.2. The molecule has 0 aliphatic carbocycles. The molecule has 0 saturated heterocycles. The highest BCUT2D eigenvalue weighted by atomic mass is 16.5. The Labute approximate surface area is 193 Å². The molecule has 166 valence electrons. The van der Waals surface area contributed by atoms with Crippen LogP contribution >= 0.6 is 0 Å². The van der Waals surface area contributed by atoms with Crippen LogP contribution in [0.4, 0.5) is 0 Å². The predicted molar refractivity (Wildman–Crippen MR) is 127 cm³/mol. The van der Waals surface area contributed by atoms with Crippen LogP contribution in [0.1, 0.15) is 38.5 Å². The number of carbonyl (C=O) groups excluding carboxylic acids is 1. The number of benzene rings is 3. The molecule has 0 unspecified atom stereocenters. The van der Waals surface area contributed by atoms with Crippen molar-refractivity contribution >= 4 is 5.91 Å². The SMILES string of the molecule is Cc1ccc(OCc2nc(-c3ccc(C(=O)N4CCc5ccccc5C4)cc3)oc2C)cc1. The van der Waals surface area contributed by atoms with Gasteiger partial charge in [-0.25, -0.2) is 4.98 Å². The minimum atomic E-state index is 0.0480. The smallest absolute Gasteiger partial charge is 0.254 e. The van der Waals surface area contributed by atoms with Crippen molar-refractivity contribution in [3.8, 4) is 17.2 Å². The molecule has 0 radical (unpaired) electrons. The van der Waals surface area contributed by atoms with Gasteiger partial charge in [-0.3, -0.25) is 4.79 Å². The lowest BCUT2D eigenvalue weighted by atomic mass is 9.99. The number of carbonyl (C=O) groups is 1. The van der Waals surface area contributed by atoms with Crippen molar-refractivity contribution in [2.45, 2.75) is 33.4 Å². The van der Waals surface area contributed by atoms with Gasteiger partial charge in [-0.2, -0.15) is 0 Å². The molecule has 2 heterocycles. The first kappa shape index (κ1) is 21.0. The standard InChI is InChI=1S/C28H26N2O3/c1-19-7-13-25(14-8-19)32-18-26-20(2)33-27(29-26)22-9-11-23(12-10-22)28(31)30-16-15-21-5-3-4-6-24(21)17-30/h3-14H,15-18H2,1-2H3. The Morgan fingerprint density at radius 1 is 0.970 bits per heavy atom. The summed E-state index contributed by atoms with van der Waals surface area (Å²) in [5.74, 6) is 2.10. The molecule has 4 aromatic rings. The van der Waals surface area contributed by atoms with Crippen molar-refractivity contribution in [1.82, 2.24) is 9.88 Å². The third-order valence-corrected chi connectivity index (χ3v) is 6.09. The summed E-state index contributed by atoms with van der Waals surface area (Å²) in [6.45, 7) is 5.66. The van der Waals surface area contributed by atoms with Crippen LogP contribution < -0.4 is 4.74 Å². The molecule has 1 aromatic heterocycles. The second kappa shape index (κ2) is 8.94. The van der Waals surface area contributed by atoms with Crippen LogP contribution in [0, 0.1) is 13.8 Å². The van der Waals surface area contributed by atoms with Gasteiger partial charge in [0.2, 0.25) is 5.89 Å². The van der Waals surface area contributed by atoms with Gasteiger partial charge < -0.3 is 14.1 Å². The lowest BCUT2D eigenvalue weighted by Crippen LogP contribution is -2.35. The summed E-state index contributed by atoms with van der Waals surface area (Å²) in [4.78, 5) is 19.6. The van der Waals surface area contributed by atoms with Crippen molar-refractivity contribution in [3.05, 3.63) is 107 Å². The molecule has 1 aliphatic heterocycles. The molecule has 33 heavy (non-hydrogen) atoms. The van der Waals surface area contributed by atoms with Crippen molar-refractivity contribution < 1.29 is 13.9 Å². The first-order valence-corrected chi connectivity index (χ1v) is 11.2. The van der Waals surface area contributed by atoms with E-state index in [2.05, 4.69) is 23.2 Å². The van der Waals surface area contributed by atoms with E-state index in [1.807, 2.05) is 73.3 Å². The fraction of sp³-hybridized carbons (Fsp3) is 0.214. The Bertz CT molecular complexity index is 1270. The third kappa shape index (κ3) is 4.53. The third-order valence-electron chi connectivity index (χ3n) is 6.09. The molecule has 0 saturated carbocycles. The van der Waals surface area contributed by atoms with Gasteiger partial charge >= 0.3 is 0 Å². The van der Waals surface area contributed by atoms with Gasteiger partial charge in [0.05, 0.1) is 0 Å². The number of aromatic nitrogens is 1. The number of nitrogens with zero attached hydrogens (tertiary/aromatic N) is 2. The monoisotopic (exact) mass is 438 g/mol. The fourth-order valence-electron chi connectivity index (χ4n) is 4.08. The molecule has 5 nitrogen and oxygen atoms in total. The molecule has 1 amide bonds. The van der Waals surface area contributed by atoms with E-state index >= 15 is 0 Å². The minimum absolute atomic E-state index is 0.0480. The average Bonchev–Trinajstić information content (AvgIpc) is 3.23. The maximum absolute atomic E-state index is 13.0. The zero-order valence-electron chi connectivity index (χ0n) is 18.9. The van der Waals surface area contributed by atoms with Crippen LogP contribution in [0.25, 0.3) is 11.5 Å². The molecule has 0 spiro atoms. The molecular weight excluding hydrogens is 412 g/mol. The normalized spacial score (nSPS) is 13.0. The van der Waals surface area contributed by atoms with Gasteiger partial charge in [0, 0.05) is 24.2 Å². The molecule has 5 rings (SSSR count). The zero-order valence-corrected chi connectivity index (χ0v) is 18.9. The molecule has 0 atom stereocenters. The molecule has 5 heteroatoms. The van der Waals surface area contributed by atoms with Crippen LogP contribution in [0.3, 0.4) is 0 Å². The van der Waals surface area contributed by atoms with E-state index in [9.17, 15) is 4.79 Å². The number of fused-ring (bicyclic) bond motifs is 1. The number of amides is 1. The van der Waals surface area contributed by atoms with Gasteiger partial charge in [0.25, 0.3) is 5.91 Å². The van der Waals surface area contributed by atoms with E-state index in [0.29, 0.717) is 24.6 Å². The maximum atomic E-state index is 13.0. The quantitative estimate of drug-likeness (QED) is 0.399. The van der Waals surface area contributed by atoms with Gasteiger partial charge in [-0.1, -0.05) is 42.0 Å². The number of aryl methyl sites for hydroxylation is 2. The van der Waals surface area contributed by atoms with Crippen LogP contribution in [-0.2, 0) is 19.6 Å². The Kier molecular flexibility index (Phi) is 5.69. The highest BCUT2D eigenvalue weighted by Gasteiger charge is 2.22. The molecule has 3 aromatic carbocycles. The van der Waals surface area contributed by atoms with E-state index in [-0.39, 0.29) is 5.91 Å². The van der Waals surface area contributed by atoms with E-state index in [4.69, 9.17) is 9.15 Å². The Balaban J connectivity index is 1.26. The zero-order chi connectivity index (χ0) is 22.8. The Morgan fingerprint density at radius 3 is 2.45 bits per heavy atom. The van der Waals surface area contributed by atoms with Crippen LogP contribution in [0.5, 0.6) is 5.75 Å². The summed E-state index contributed by atoms with van der Waals surface area (Å²) in [5, 5.41) is 0. The second-order valence-corrected chi connectivity index (χ2v) is 8.45. The molecule has 0 N–H and O–H groups in total. The average molecular weight is 439 g/mol. The van der Waals surface area contributed by atoms with Crippen LogP contribution in [0.2, 0.25) is 0 Å². The summed E-state index contributed by atoms with van der Waals surface area (Å²) in [5.41, 5.74) is 6.01. The fourth-order valence-corrected chi connectivity index (χ4v) is 4.08. The Hall–Kier alpha value is -3.86. The predicted octanol–water partition coefficient (Wildman–Crippen LogP) is 5.74. The Morgan fingerprint density at radius 2 is 1.70 bits per heavy atom. The lowest BCUT2D eigenvalue weighted by Gasteiger charge is -2.29. The lowest BCUT2D eigenvalue weighted by molar-refractivity contribution is 0.0734. The van der Waals surface area contributed by atoms with E-state index in [0.717, 1.165) is 35.7 Å². The van der Waals surface area contributed by atoms with Crippen LogP contribution in [0.15, 0.2) is 77.2 Å². The molecule has 0 fully saturated rings. The number of oxazole rings is 1. The second-order valence-electron chi connectivity index (χ2n) is 8.45. The summed E-state index contributed by atoms with van der Waals surface area (Å²) >= 11 is 0. The highest BCUT2D eigenvalue weighted by Crippen LogP contribution is 2.25. The number of hydrogen-bond acceptors (Lipinski definition) is 4. The van der Waals surface area contributed by atoms with E-state index in [1.165, 1.54) is 16.7 Å². The van der Waals surface area contributed by atoms with Crippen molar-refractivity contribution in [1.29, 1.82) is 0 Å². The van der Waals surface area contributed by atoms with Gasteiger partial charge in [0.1, 0.15) is 23.8 Å². The number of ether oxygens (including phenoxy) is 1. The molecule has 0 bridgehead atoms. The minimum Gasteiger partial charge on any atom is -0.487 e. The van der Waals surface area contributed by atoms with Gasteiger partial charge in [-0.05, 0) is 67.8 Å².